The summed E-state index contributed by atoms with van der Waals surface area (Å²) in [5.74, 6) is 0.0168. The molecule has 0 fully saturated rings. The molecule has 2 nitrogen and oxygen atoms in total. The Morgan fingerprint density at radius 1 is 1.33 bits per heavy atom. The highest BCUT2D eigenvalue weighted by Crippen LogP contribution is 2.21. The van der Waals surface area contributed by atoms with Gasteiger partial charge in [-0.05, 0) is 43.7 Å². The van der Waals surface area contributed by atoms with Gasteiger partial charge in [-0.15, -0.1) is 6.58 Å². The van der Waals surface area contributed by atoms with Gasteiger partial charge in [-0.1, -0.05) is 36.4 Å². The van der Waals surface area contributed by atoms with E-state index >= 15 is 0 Å². The molecule has 18 heavy (non-hydrogen) atoms. The summed E-state index contributed by atoms with van der Waals surface area (Å²) in [5.41, 5.74) is 0.331. The summed E-state index contributed by atoms with van der Waals surface area (Å²) in [6.07, 6.45) is 11.7. The Kier molecular flexibility index (Phi) is 6.55. The van der Waals surface area contributed by atoms with E-state index in [1.54, 1.807) is 30.3 Å². The second kappa shape index (κ2) is 8.29. The molecule has 1 aromatic rings. The zero-order valence-corrected chi connectivity index (χ0v) is 10.6. The molecule has 0 heterocycles. The van der Waals surface area contributed by atoms with E-state index in [1.807, 2.05) is 6.08 Å². The average Bonchev–Trinajstić information content (AvgIpc) is 2.42. The molecule has 1 aromatic carbocycles. The number of carboxylic acid groups (broad SMARTS) is 1. The van der Waals surface area contributed by atoms with Gasteiger partial charge in [-0.2, -0.15) is 0 Å². The maximum Gasteiger partial charge on any atom is 0.335 e. The second-order valence-electron chi connectivity index (χ2n) is 4.35. The van der Waals surface area contributed by atoms with Gasteiger partial charge >= 0.3 is 5.97 Å². The Hall–Kier alpha value is -1.83. The lowest BCUT2D eigenvalue weighted by Gasteiger charge is -2.14. The number of rotatable bonds is 3. The monoisotopic (exact) mass is 244 g/mol. The molecule has 96 valence electrons. The minimum Gasteiger partial charge on any atom is -0.478 e. The van der Waals surface area contributed by atoms with Crippen LogP contribution in [0, 0.1) is 5.92 Å². The molecule has 0 aromatic heterocycles. The molecule has 1 aliphatic rings. The third-order valence-corrected chi connectivity index (χ3v) is 2.90. The van der Waals surface area contributed by atoms with Gasteiger partial charge in [0.25, 0.3) is 0 Å². The largest absolute Gasteiger partial charge is 0.478 e. The van der Waals surface area contributed by atoms with Gasteiger partial charge in [0.1, 0.15) is 0 Å². The van der Waals surface area contributed by atoms with Crippen LogP contribution < -0.4 is 0 Å². The van der Waals surface area contributed by atoms with Gasteiger partial charge in [0.15, 0.2) is 0 Å². The molecule has 1 unspecified atom stereocenters. The van der Waals surface area contributed by atoms with Crippen LogP contribution in [-0.4, -0.2) is 11.1 Å². The van der Waals surface area contributed by atoms with Gasteiger partial charge in [-0.25, -0.2) is 4.79 Å². The molecule has 0 bridgehead atoms. The minimum absolute atomic E-state index is 0.331. The highest BCUT2D eigenvalue weighted by molar-refractivity contribution is 5.87. The van der Waals surface area contributed by atoms with Crippen molar-refractivity contribution in [2.45, 2.75) is 25.7 Å². The van der Waals surface area contributed by atoms with Gasteiger partial charge < -0.3 is 5.11 Å². The molecule has 1 N–H and O–H groups in total. The summed E-state index contributed by atoms with van der Waals surface area (Å²) in [6.45, 7) is 3.73. The van der Waals surface area contributed by atoms with Crippen molar-refractivity contribution >= 4 is 5.97 Å². The van der Waals surface area contributed by atoms with E-state index in [0.29, 0.717) is 5.56 Å². The predicted octanol–water partition coefficient (Wildman–Crippen LogP) is 4.30. The van der Waals surface area contributed by atoms with Crippen LogP contribution >= 0.6 is 0 Å². The summed E-state index contributed by atoms with van der Waals surface area (Å²) in [7, 11) is 0. The van der Waals surface area contributed by atoms with E-state index in [9.17, 15) is 4.79 Å². The third kappa shape index (κ3) is 5.48. The summed E-state index contributed by atoms with van der Waals surface area (Å²) in [6, 6.07) is 8.30. The van der Waals surface area contributed by atoms with Crippen molar-refractivity contribution < 1.29 is 9.90 Å². The highest BCUT2D eigenvalue weighted by atomic mass is 16.4. The summed E-state index contributed by atoms with van der Waals surface area (Å²) >= 11 is 0. The lowest BCUT2D eigenvalue weighted by molar-refractivity contribution is 0.0697. The van der Waals surface area contributed by atoms with Crippen molar-refractivity contribution in [3.8, 4) is 0 Å². The van der Waals surface area contributed by atoms with E-state index < -0.39 is 5.97 Å². The van der Waals surface area contributed by atoms with Crippen molar-refractivity contribution in [1.82, 2.24) is 0 Å². The van der Waals surface area contributed by atoms with Crippen LogP contribution in [0.3, 0.4) is 0 Å². The quantitative estimate of drug-likeness (QED) is 0.805. The summed E-state index contributed by atoms with van der Waals surface area (Å²) in [5, 5.41) is 8.38. The van der Waals surface area contributed by atoms with E-state index in [-0.39, 0.29) is 0 Å². The summed E-state index contributed by atoms with van der Waals surface area (Å²) in [4.78, 5) is 10.2. The topological polar surface area (TPSA) is 37.3 Å². The van der Waals surface area contributed by atoms with Gasteiger partial charge in [0.05, 0.1) is 5.56 Å². The van der Waals surface area contributed by atoms with Crippen molar-refractivity contribution in [3.05, 3.63) is 60.7 Å². The Morgan fingerprint density at radius 2 is 2.06 bits per heavy atom. The molecule has 0 aliphatic heterocycles. The molecular weight excluding hydrogens is 224 g/mol. The van der Waals surface area contributed by atoms with E-state index in [1.165, 1.54) is 25.7 Å². The second-order valence-corrected chi connectivity index (χ2v) is 4.35. The smallest absolute Gasteiger partial charge is 0.335 e. The molecule has 1 atom stereocenters. The van der Waals surface area contributed by atoms with Crippen molar-refractivity contribution in [2.75, 3.05) is 0 Å². The van der Waals surface area contributed by atoms with Crippen LogP contribution in [0.25, 0.3) is 0 Å². The maximum atomic E-state index is 10.2. The number of hydrogen-bond acceptors (Lipinski definition) is 1. The first kappa shape index (κ1) is 14.2. The van der Waals surface area contributed by atoms with Gasteiger partial charge in [0, 0.05) is 0 Å². The molecule has 0 saturated carbocycles. The molecular formula is C16H20O2. The first-order chi connectivity index (χ1) is 8.74. The molecule has 0 saturated heterocycles. The molecule has 0 radical (unpaired) electrons. The van der Waals surface area contributed by atoms with Crippen molar-refractivity contribution in [1.29, 1.82) is 0 Å². The Bertz CT molecular complexity index is 393. The third-order valence-electron chi connectivity index (χ3n) is 2.90. The van der Waals surface area contributed by atoms with Crippen LogP contribution in [0.2, 0.25) is 0 Å². The number of carboxylic acids is 1. The number of aromatic carboxylic acids is 1. The number of carbonyl (C=O) groups is 1. The first-order valence-corrected chi connectivity index (χ1v) is 6.28. The molecule has 0 spiro atoms. The van der Waals surface area contributed by atoms with Crippen molar-refractivity contribution in [2.24, 2.45) is 5.92 Å². The SMILES string of the molecule is C=CCC1CC=CCC1.O=C(O)c1ccccc1. The zero-order chi connectivity index (χ0) is 13.2. The van der Waals surface area contributed by atoms with Gasteiger partial charge in [-0.3, -0.25) is 0 Å². The molecule has 1 aliphatic carbocycles. The van der Waals surface area contributed by atoms with Crippen LogP contribution in [0.1, 0.15) is 36.0 Å². The van der Waals surface area contributed by atoms with E-state index in [2.05, 4.69) is 18.7 Å². The van der Waals surface area contributed by atoms with E-state index in [4.69, 9.17) is 5.11 Å². The number of allylic oxidation sites excluding steroid dienone is 3. The Balaban J connectivity index is 0.000000180. The van der Waals surface area contributed by atoms with Crippen LogP contribution in [0.5, 0.6) is 0 Å². The minimum atomic E-state index is -0.879. The fourth-order valence-electron chi connectivity index (χ4n) is 1.89. The molecule has 0 amide bonds. The van der Waals surface area contributed by atoms with Crippen LogP contribution in [-0.2, 0) is 0 Å². The lowest BCUT2D eigenvalue weighted by Crippen LogP contribution is -1.99. The Morgan fingerprint density at radius 3 is 2.50 bits per heavy atom. The predicted molar refractivity (Wildman–Crippen MR) is 74.7 cm³/mol. The molecule has 2 heteroatoms. The van der Waals surface area contributed by atoms with Crippen LogP contribution in [0.4, 0.5) is 0 Å². The summed E-state index contributed by atoms with van der Waals surface area (Å²) < 4.78 is 0. The zero-order valence-electron chi connectivity index (χ0n) is 10.6. The fraction of sp³-hybridized carbons (Fsp3) is 0.312. The van der Waals surface area contributed by atoms with Crippen molar-refractivity contribution in [3.63, 3.8) is 0 Å². The maximum absolute atomic E-state index is 10.2. The molecule has 2 rings (SSSR count). The first-order valence-electron chi connectivity index (χ1n) is 6.28. The standard InChI is InChI=1S/C9H14.C7H6O2/c1-2-6-9-7-4-3-5-8-9;8-7(9)6-4-2-1-3-5-6/h2-4,9H,1,5-8H2;1-5H,(H,8,9). The van der Waals surface area contributed by atoms with Gasteiger partial charge in [0.2, 0.25) is 0 Å². The highest BCUT2D eigenvalue weighted by Gasteiger charge is 2.06. The van der Waals surface area contributed by atoms with E-state index in [0.717, 1.165) is 5.92 Å². The number of benzene rings is 1. The number of hydrogen-bond donors (Lipinski definition) is 1. The average molecular weight is 244 g/mol. The lowest BCUT2D eigenvalue weighted by atomic mass is 9.92. The Labute approximate surface area is 109 Å². The normalized spacial score (nSPS) is 17.4. The van der Waals surface area contributed by atoms with Crippen LogP contribution in [0.15, 0.2) is 55.1 Å². The fourth-order valence-corrected chi connectivity index (χ4v) is 1.89.